The number of amides is 1. The summed E-state index contributed by atoms with van der Waals surface area (Å²) in [4.78, 5) is 24.5. The Morgan fingerprint density at radius 3 is 2.22 bits per heavy atom. The zero-order valence-electron chi connectivity index (χ0n) is 11.3. The molecule has 0 aliphatic carbocycles. The highest BCUT2D eigenvalue weighted by molar-refractivity contribution is 5.95. The minimum Gasteiger partial charge on any atom is -0.481 e. The van der Waals surface area contributed by atoms with Crippen molar-refractivity contribution in [1.82, 2.24) is 4.90 Å². The fourth-order valence-electron chi connectivity index (χ4n) is 1.54. The van der Waals surface area contributed by atoms with E-state index in [9.17, 15) is 9.59 Å². The van der Waals surface area contributed by atoms with E-state index in [1.54, 1.807) is 45.3 Å². The quantitative estimate of drug-likeness (QED) is 0.751. The van der Waals surface area contributed by atoms with Crippen molar-refractivity contribution in [3.63, 3.8) is 0 Å². The van der Waals surface area contributed by atoms with Gasteiger partial charge in [-0.25, -0.2) is 0 Å². The maximum absolute atomic E-state index is 11.6. The second kappa shape index (κ2) is 6.19. The van der Waals surface area contributed by atoms with Crippen LogP contribution in [-0.4, -0.2) is 36.8 Å². The Bertz CT molecular complexity index is 423. The van der Waals surface area contributed by atoms with Crippen molar-refractivity contribution in [3.8, 4) is 5.75 Å². The van der Waals surface area contributed by atoms with E-state index >= 15 is 0 Å². The summed E-state index contributed by atoms with van der Waals surface area (Å²) < 4.78 is 5.50. The highest BCUT2D eigenvalue weighted by Gasteiger charge is 2.16. The normalized spacial score (nSPS) is 11.8. The summed E-state index contributed by atoms with van der Waals surface area (Å²) in [6, 6.07) is 6.85. The first-order chi connectivity index (χ1) is 8.45. The van der Waals surface area contributed by atoms with Crippen molar-refractivity contribution < 1.29 is 14.3 Å². The van der Waals surface area contributed by atoms with Crippen LogP contribution in [-0.2, 0) is 4.79 Å². The summed E-state index contributed by atoms with van der Waals surface area (Å²) in [5.74, 6) is 0.591. The molecule has 0 fully saturated rings. The number of ketones is 1. The van der Waals surface area contributed by atoms with Gasteiger partial charge >= 0.3 is 0 Å². The summed E-state index contributed by atoms with van der Waals surface area (Å²) in [6.07, 6.45) is -0.0526. The Morgan fingerprint density at radius 1 is 1.22 bits per heavy atom. The van der Waals surface area contributed by atoms with Crippen molar-refractivity contribution >= 4 is 11.7 Å². The molecule has 0 heterocycles. The van der Waals surface area contributed by atoms with E-state index in [2.05, 4.69) is 0 Å². The molecule has 98 valence electrons. The van der Waals surface area contributed by atoms with Crippen LogP contribution in [0.15, 0.2) is 24.3 Å². The number of hydrogen-bond acceptors (Lipinski definition) is 3. The van der Waals surface area contributed by atoms with Gasteiger partial charge in [0.25, 0.3) is 5.91 Å². The minimum absolute atomic E-state index is 0.0938. The first-order valence-corrected chi connectivity index (χ1v) is 5.96. The van der Waals surface area contributed by atoms with Crippen LogP contribution >= 0.6 is 0 Å². The van der Waals surface area contributed by atoms with Gasteiger partial charge in [-0.1, -0.05) is 6.92 Å². The van der Waals surface area contributed by atoms with Crippen LogP contribution in [0.3, 0.4) is 0 Å². The highest BCUT2D eigenvalue weighted by atomic mass is 16.5. The molecule has 1 unspecified atom stereocenters. The molecule has 0 spiro atoms. The van der Waals surface area contributed by atoms with Gasteiger partial charge in [0.05, 0.1) is 0 Å². The largest absolute Gasteiger partial charge is 0.481 e. The molecular formula is C14H19NO3. The molecule has 1 aromatic rings. The van der Waals surface area contributed by atoms with Gasteiger partial charge in [0.2, 0.25) is 0 Å². The third-order valence-electron chi connectivity index (χ3n) is 2.60. The molecule has 1 amide bonds. The van der Waals surface area contributed by atoms with Crippen LogP contribution in [0.5, 0.6) is 5.75 Å². The van der Waals surface area contributed by atoms with Crippen molar-refractivity contribution in [1.29, 1.82) is 0 Å². The van der Waals surface area contributed by atoms with E-state index in [0.29, 0.717) is 17.7 Å². The van der Waals surface area contributed by atoms with Gasteiger partial charge in [0.15, 0.2) is 11.9 Å². The summed E-state index contributed by atoms with van der Waals surface area (Å²) in [6.45, 7) is 3.53. The number of rotatable bonds is 5. The molecule has 0 bridgehead atoms. The van der Waals surface area contributed by atoms with E-state index in [1.807, 2.05) is 6.92 Å². The second-order valence-corrected chi connectivity index (χ2v) is 4.29. The van der Waals surface area contributed by atoms with Gasteiger partial charge in [-0.05, 0) is 31.2 Å². The lowest BCUT2D eigenvalue weighted by atomic mass is 10.1. The molecule has 1 aromatic carbocycles. The molecule has 0 N–H and O–H groups in total. The Balaban J connectivity index is 2.69. The van der Waals surface area contributed by atoms with E-state index in [-0.39, 0.29) is 11.7 Å². The number of benzene rings is 1. The van der Waals surface area contributed by atoms with Gasteiger partial charge in [0, 0.05) is 26.1 Å². The molecule has 4 heteroatoms. The highest BCUT2D eigenvalue weighted by Crippen LogP contribution is 2.15. The number of nitrogens with zero attached hydrogens (tertiary/aromatic N) is 1. The minimum atomic E-state index is -0.535. The van der Waals surface area contributed by atoms with Crippen LogP contribution < -0.4 is 4.74 Å². The number of ether oxygens (including phenoxy) is 1. The predicted molar refractivity (Wildman–Crippen MR) is 69.8 cm³/mol. The van der Waals surface area contributed by atoms with E-state index in [0.717, 1.165) is 0 Å². The zero-order chi connectivity index (χ0) is 13.7. The molecule has 0 saturated carbocycles. The maximum atomic E-state index is 11.6. The summed E-state index contributed by atoms with van der Waals surface area (Å²) >= 11 is 0. The standard InChI is InChI=1S/C14H19NO3/c1-5-13(16)11-6-8-12(9-7-11)18-10(2)14(17)15(3)4/h6-10H,5H2,1-4H3. The number of likely N-dealkylation sites (N-methyl/N-ethyl adjacent to an activating group) is 1. The van der Waals surface area contributed by atoms with Crippen molar-refractivity contribution in [2.24, 2.45) is 0 Å². The number of Topliss-reactive ketones (excluding diaryl/α,β-unsaturated/α-hetero) is 1. The van der Waals surface area contributed by atoms with Gasteiger partial charge in [-0.2, -0.15) is 0 Å². The Morgan fingerprint density at radius 2 is 1.78 bits per heavy atom. The lowest BCUT2D eigenvalue weighted by Gasteiger charge is -2.18. The van der Waals surface area contributed by atoms with Crippen LogP contribution in [0, 0.1) is 0 Å². The lowest BCUT2D eigenvalue weighted by Crippen LogP contribution is -2.35. The molecule has 18 heavy (non-hydrogen) atoms. The molecule has 1 rings (SSSR count). The zero-order valence-corrected chi connectivity index (χ0v) is 11.3. The van der Waals surface area contributed by atoms with Gasteiger partial charge < -0.3 is 9.64 Å². The van der Waals surface area contributed by atoms with E-state index < -0.39 is 6.10 Å². The molecular weight excluding hydrogens is 230 g/mol. The molecule has 0 aromatic heterocycles. The Kier molecular flexibility index (Phi) is 4.89. The summed E-state index contributed by atoms with van der Waals surface area (Å²) in [7, 11) is 3.37. The molecule has 0 radical (unpaired) electrons. The van der Waals surface area contributed by atoms with Crippen LogP contribution in [0.25, 0.3) is 0 Å². The summed E-state index contributed by atoms with van der Waals surface area (Å²) in [5, 5.41) is 0. The number of hydrogen-bond donors (Lipinski definition) is 0. The third kappa shape index (κ3) is 3.58. The van der Waals surface area contributed by atoms with E-state index in [4.69, 9.17) is 4.74 Å². The van der Waals surface area contributed by atoms with Crippen LogP contribution in [0.4, 0.5) is 0 Å². The monoisotopic (exact) mass is 249 g/mol. The Labute approximate surface area is 108 Å². The summed E-state index contributed by atoms with van der Waals surface area (Å²) in [5.41, 5.74) is 0.663. The fraction of sp³-hybridized carbons (Fsp3) is 0.429. The average molecular weight is 249 g/mol. The van der Waals surface area contributed by atoms with Gasteiger partial charge in [0.1, 0.15) is 5.75 Å². The van der Waals surface area contributed by atoms with Crippen LogP contribution in [0.1, 0.15) is 30.6 Å². The van der Waals surface area contributed by atoms with E-state index in [1.165, 1.54) is 4.90 Å². The Hall–Kier alpha value is -1.84. The SMILES string of the molecule is CCC(=O)c1ccc(OC(C)C(=O)N(C)C)cc1. The first-order valence-electron chi connectivity index (χ1n) is 5.96. The fourth-order valence-corrected chi connectivity index (χ4v) is 1.54. The average Bonchev–Trinajstić information content (AvgIpc) is 2.37. The van der Waals surface area contributed by atoms with Gasteiger partial charge in [-0.3, -0.25) is 9.59 Å². The number of carbonyl (C=O) groups excluding carboxylic acids is 2. The molecule has 1 atom stereocenters. The molecule has 0 saturated heterocycles. The molecule has 0 aliphatic heterocycles. The first kappa shape index (κ1) is 14.2. The smallest absolute Gasteiger partial charge is 0.262 e. The predicted octanol–water partition coefficient (Wildman–Crippen LogP) is 2.13. The topological polar surface area (TPSA) is 46.6 Å². The van der Waals surface area contributed by atoms with Crippen molar-refractivity contribution in [2.75, 3.05) is 14.1 Å². The second-order valence-electron chi connectivity index (χ2n) is 4.29. The molecule has 4 nitrogen and oxygen atoms in total. The number of carbonyl (C=O) groups is 2. The van der Waals surface area contributed by atoms with Crippen molar-refractivity contribution in [3.05, 3.63) is 29.8 Å². The van der Waals surface area contributed by atoms with Gasteiger partial charge in [-0.15, -0.1) is 0 Å². The maximum Gasteiger partial charge on any atom is 0.262 e. The lowest BCUT2D eigenvalue weighted by molar-refractivity contribution is -0.135. The van der Waals surface area contributed by atoms with Crippen LogP contribution in [0.2, 0.25) is 0 Å². The molecule has 0 aliphatic rings. The van der Waals surface area contributed by atoms with Crippen molar-refractivity contribution in [2.45, 2.75) is 26.4 Å². The third-order valence-corrected chi connectivity index (χ3v) is 2.60.